The first-order chi connectivity index (χ1) is 15.2. The second-order valence-electron chi connectivity index (χ2n) is 8.03. The molecule has 1 saturated heterocycles. The highest BCUT2D eigenvalue weighted by Gasteiger charge is 2.27. The molecule has 1 aliphatic heterocycles. The molecule has 7 heteroatoms. The summed E-state index contributed by atoms with van der Waals surface area (Å²) in [5, 5.41) is 0.683. The normalized spacial score (nSPS) is 16.2. The van der Waals surface area contributed by atoms with E-state index in [2.05, 4.69) is 9.88 Å². The predicted molar refractivity (Wildman–Crippen MR) is 121 cm³/mol. The van der Waals surface area contributed by atoms with Gasteiger partial charge < -0.3 is 9.80 Å². The van der Waals surface area contributed by atoms with Gasteiger partial charge in [-0.15, -0.1) is 0 Å². The zero-order valence-electron chi connectivity index (χ0n) is 17.3. The minimum absolute atomic E-state index is 0.0390. The lowest BCUT2D eigenvalue weighted by molar-refractivity contribution is 0.0746. The Bertz CT molecular complexity index is 1100. The fraction of sp³-hybridized carbons (Fsp3) is 0.333. The van der Waals surface area contributed by atoms with Crippen LogP contribution >= 0.6 is 11.6 Å². The van der Waals surface area contributed by atoms with Gasteiger partial charge in [0, 0.05) is 60.4 Å². The van der Waals surface area contributed by atoms with Crippen molar-refractivity contribution in [2.75, 3.05) is 31.1 Å². The SMILES string of the molecule is O=C(c1cccnc1)N1CCN(c2nc(-c3cccc(Cl)c3)nc3c2CCCC3)CC1. The Hall–Kier alpha value is -2.99. The number of carbonyl (C=O) groups excluding carboxylic acids is 1. The summed E-state index contributed by atoms with van der Waals surface area (Å²) in [5.74, 6) is 1.79. The van der Waals surface area contributed by atoms with Crippen LogP contribution in [0.15, 0.2) is 48.8 Å². The van der Waals surface area contributed by atoms with E-state index in [-0.39, 0.29) is 5.91 Å². The lowest BCUT2D eigenvalue weighted by Crippen LogP contribution is -2.49. The molecular weight excluding hydrogens is 410 g/mol. The van der Waals surface area contributed by atoms with Gasteiger partial charge in [-0.2, -0.15) is 0 Å². The van der Waals surface area contributed by atoms with E-state index in [0.717, 1.165) is 55.3 Å². The smallest absolute Gasteiger partial charge is 0.255 e. The standard InChI is InChI=1S/C24H24ClN5O/c25-19-7-3-5-17(15-19)22-27-21-9-2-1-8-20(21)23(28-22)29-11-13-30(14-12-29)24(31)18-6-4-10-26-16-18/h3-7,10,15-16H,1-2,8-9,11-14H2. The van der Waals surface area contributed by atoms with Gasteiger partial charge in [-0.25, -0.2) is 9.97 Å². The Kier molecular flexibility index (Phi) is 5.55. The number of hydrogen-bond acceptors (Lipinski definition) is 5. The molecule has 2 aromatic heterocycles. The number of halogens is 1. The van der Waals surface area contributed by atoms with Crippen molar-refractivity contribution in [1.82, 2.24) is 19.9 Å². The molecule has 31 heavy (non-hydrogen) atoms. The van der Waals surface area contributed by atoms with Gasteiger partial charge in [-0.3, -0.25) is 9.78 Å². The second kappa shape index (κ2) is 8.63. The molecule has 0 atom stereocenters. The van der Waals surface area contributed by atoms with Crippen molar-refractivity contribution < 1.29 is 4.79 Å². The molecule has 2 aliphatic rings. The summed E-state index contributed by atoms with van der Waals surface area (Å²) in [7, 11) is 0. The van der Waals surface area contributed by atoms with Crippen LogP contribution in [0.1, 0.15) is 34.5 Å². The average Bonchev–Trinajstić information content (AvgIpc) is 2.83. The number of fused-ring (bicyclic) bond motifs is 1. The van der Waals surface area contributed by atoms with Gasteiger partial charge in [0.25, 0.3) is 5.91 Å². The number of aryl methyl sites for hydroxylation is 1. The van der Waals surface area contributed by atoms with Crippen LogP contribution in [-0.4, -0.2) is 51.9 Å². The van der Waals surface area contributed by atoms with E-state index in [4.69, 9.17) is 21.6 Å². The highest BCUT2D eigenvalue weighted by atomic mass is 35.5. The Morgan fingerprint density at radius 1 is 0.968 bits per heavy atom. The molecule has 1 amide bonds. The van der Waals surface area contributed by atoms with E-state index >= 15 is 0 Å². The highest BCUT2D eigenvalue weighted by molar-refractivity contribution is 6.30. The number of pyridine rings is 1. The van der Waals surface area contributed by atoms with Gasteiger partial charge in [0.2, 0.25) is 0 Å². The summed E-state index contributed by atoms with van der Waals surface area (Å²) >= 11 is 6.21. The Morgan fingerprint density at radius 3 is 2.58 bits per heavy atom. The van der Waals surface area contributed by atoms with Crippen LogP contribution in [0.3, 0.4) is 0 Å². The third-order valence-corrected chi connectivity index (χ3v) is 6.25. The number of nitrogens with zero attached hydrogens (tertiary/aromatic N) is 5. The maximum atomic E-state index is 12.8. The van der Waals surface area contributed by atoms with E-state index in [1.54, 1.807) is 18.5 Å². The van der Waals surface area contributed by atoms with Crippen molar-refractivity contribution in [3.05, 3.63) is 70.6 Å². The molecule has 6 nitrogen and oxygen atoms in total. The molecule has 158 valence electrons. The minimum Gasteiger partial charge on any atom is -0.353 e. The van der Waals surface area contributed by atoms with Gasteiger partial charge >= 0.3 is 0 Å². The molecule has 3 heterocycles. The quantitative estimate of drug-likeness (QED) is 0.624. The Labute approximate surface area is 186 Å². The van der Waals surface area contributed by atoms with Crippen molar-refractivity contribution in [1.29, 1.82) is 0 Å². The maximum Gasteiger partial charge on any atom is 0.255 e. The summed E-state index contributed by atoms with van der Waals surface area (Å²) in [4.78, 5) is 30.9. The third-order valence-electron chi connectivity index (χ3n) is 6.02. The monoisotopic (exact) mass is 433 g/mol. The third kappa shape index (κ3) is 4.12. The zero-order chi connectivity index (χ0) is 21.2. The van der Waals surface area contributed by atoms with Gasteiger partial charge in [0.1, 0.15) is 5.82 Å². The lowest BCUT2D eigenvalue weighted by atomic mass is 9.95. The summed E-state index contributed by atoms with van der Waals surface area (Å²) in [6.45, 7) is 2.84. The number of piperazine rings is 1. The van der Waals surface area contributed by atoms with Crippen LogP contribution in [0, 0.1) is 0 Å². The molecule has 0 bridgehead atoms. The number of aromatic nitrogens is 3. The lowest BCUT2D eigenvalue weighted by Gasteiger charge is -2.37. The van der Waals surface area contributed by atoms with Crippen LogP contribution in [0.25, 0.3) is 11.4 Å². The summed E-state index contributed by atoms with van der Waals surface area (Å²) in [6, 6.07) is 11.3. The molecule has 1 aliphatic carbocycles. The first-order valence-corrected chi connectivity index (χ1v) is 11.2. The summed E-state index contributed by atoms with van der Waals surface area (Å²) in [6.07, 6.45) is 7.63. The second-order valence-corrected chi connectivity index (χ2v) is 8.47. The molecule has 3 aromatic rings. The zero-order valence-corrected chi connectivity index (χ0v) is 18.1. The topological polar surface area (TPSA) is 62.2 Å². The average molecular weight is 434 g/mol. The summed E-state index contributed by atoms with van der Waals surface area (Å²) < 4.78 is 0. The van der Waals surface area contributed by atoms with Gasteiger partial charge in [-0.1, -0.05) is 23.7 Å². The molecule has 0 saturated carbocycles. The number of hydrogen-bond donors (Lipinski definition) is 0. The van der Waals surface area contributed by atoms with Crippen LogP contribution in [0.2, 0.25) is 5.02 Å². The van der Waals surface area contributed by atoms with Gasteiger partial charge in [-0.05, 0) is 49.9 Å². The van der Waals surface area contributed by atoms with Crippen LogP contribution in [0.4, 0.5) is 5.82 Å². The van der Waals surface area contributed by atoms with E-state index in [1.165, 1.54) is 12.0 Å². The van der Waals surface area contributed by atoms with Crippen molar-refractivity contribution in [2.45, 2.75) is 25.7 Å². The number of carbonyl (C=O) groups is 1. The molecule has 0 spiro atoms. The highest BCUT2D eigenvalue weighted by Crippen LogP contribution is 2.32. The molecule has 0 radical (unpaired) electrons. The van der Waals surface area contributed by atoms with Gasteiger partial charge in [0.15, 0.2) is 5.82 Å². The number of anilines is 1. The Balaban J connectivity index is 1.41. The predicted octanol–water partition coefficient (Wildman–Crippen LogP) is 4.03. The molecule has 1 aromatic carbocycles. The number of benzene rings is 1. The molecule has 0 unspecified atom stereocenters. The van der Waals surface area contributed by atoms with Crippen molar-refractivity contribution >= 4 is 23.3 Å². The largest absolute Gasteiger partial charge is 0.353 e. The minimum atomic E-state index is 0.0390. The van der Waals surface area contributed by atoms with Crippen molar-refractivity contribution in [2.24, 2.45) is 0 Å². The van der Waals surface area contributed by atoms with E-state index in [1.807, 2.05) is 35.2 Å². The summed E-state index contributed by atoms with van der Waals surface area (Å²) in [5.41, 5.74) is 4.00. The first kappa shape index (κ1) is 19.9. The van der Waals surface area contributed by atoms with Crippen LogP contribution in [-0.2, 0) is 12.8 Å². The van der Waals surface area contributed by atoms with E-state index in [0.29, 0.717) is 23.7 Å². The molecule has 0 N–H and O–H groups in total. The van der Waals surface area contributed by atoms with Crippen molar-refractivity contribution in [3.8, 4) is 11.4 Å². The van der Waals surface area contributed by atoms with E-state index < -0.39 is 0 Å². The van der Waals surface area contributed by atoms with Gasteiger partial charge in [0.05, 0.1) is 5.56 Å². The molecule has 5 rings (SSSR count). The Morgan fingerprint density at radius 2 is 1.81 bits per heavy atom. The van der Waals surface area contributed by atoms with Crippen LogP contribution in [0.5, 0.6) is 0 Å². The number of rotatable bonds is 3. The first-order valence-electron chi connectivity index (χ1n) is 10.8. The fourth-order valence-corrected chi connectivity index (χ4v) is 4.58. The van der Waals surface area contributed by atoms with E-state index in [9.17, 15) is 4.79 Å². The number of amides is 1. The van der Waals surface area contributed by atoms with Crippen LogP contribution < -0.4 is 4.90 Å². The molecule has 1 fully saturated rings. The maximum absolute atomic E-state index is 12.8. The fourth-order valence-electron chi connectivity index (χ4n) is 4.39. The molecular formula is C24H24ClN5O. The van der Waals surface area contributed by atoms with Crippen molar-refractivity contribution in [3.63, 3.8) is 0 Å².